The van der Waals surface area contributed by atoms with Crippen molar-refractivity contribution in [1.82, 2.24) is 19.6 Å². The summed E-state index contributed by atoms with van der Waals surface area (Å²) in [5.41, 5.74) is 0.499. The molecular formula is C33H60N4O5. The third-order valence-electron chi connectivity index (χ3n) is 10.4. The second-order valence-corrected chi connectivity index (χ2v) is 12.7. The van der Waals surface area contributed by atoms with Gasteiger partial charge in [0.25, 0.3) is 0 Å². The molecule has 0 aromatic heterocycles. The number of likely N-dealkylation sites (N-methyl/N-ethyl adjacent to an activating group) is 2. The molecule has 2 aliphatic heterocycles. The van der Waals surface area contributed by atoms with Crippen molar-refractivity contribution in [3.8, 4) is 0 Å². The van der Waals surface area contributed by atoms with Gasteiger partial charge in [0.1, 0.15) is 13.1 Å². The maximum absolute atomic E-state index is 12.3. The number of carbonyl (C=O) groups excluding carboxylic acids is 4. The molecule has 0 spiro atoms. The Morgan fingerprint density at radius 3 is 1.52 bits per heavy atom. The third kappa shape index (κ3) is 9.95. The molecule has 0 N–H and O–H groups in total. The van der Waals surface area contributed by atoms with E-state index in [9.17, 15) is 19.2 Å². The van der Waals surface area contributed by atoms with Crippen LogP contribution in [-0.4, -0.2) is 96.5 Å². The van der Waals surface area contributed by atoms with Crippen LogP contribution < -0.4 is 0 Å². The van der Waals surface area contributed by atoms with Crippen LogP contribution in [0.1, 0.15) is 125 Å². The van der Waals surface area contributed by atoms with Gasteiger partial charge in [-0.2, -0.15) is 0 Å². The molecule has 0 aromatic rings. The molecule has 2 rings (SSSR count). The Labute approximate surface area is 255 Å². The number of hydrogen-bond donors (Lipinski definition) is 0. The van der Waals surface area contributed by atoms with Gasteiger partial charge in [-0.3, -0.25) is 19.4 Å². The maximum Gasteiger partial charge on any atom is 0.327 e. The Morgan fingerprint density at radius 2 is 1.07 bits per heavy atom. The molecule has 2 saturated heterocycles. The number of unbranched alkanes of at least 4 members (excludes halogenated alkanes) is 3. The van der Waals surface area contributed by atoms with Gasteiger partial charge in [-0.1, -0.05) is 72.6 Å². The fourth-order valence-corrected chi connectivity index (χ4v) is 6.74. The van der Waals surface area contributed by atoms with Gasteiger partial charge in [-0.15, -0.1) is 0 Å². The second kappa shape index (κ2) is 17.8. The highest BCUT2D eigenvalue weighted by Crippen LogP contribution is 2.38. The van der Waals surface area contributed by atoms with Gasteiger partial charge in [0.15, 0.2) is 0 Å². The van der Waals surface area contributed by atoms with Crippen molar-refractivity contribution in [2.24, 2.45) is 10.8 Å². The van der Waals surface area contributed by atoms with Gasteiger partial charge >= 0.3 is 12.1 Å². The van der Waals surface area contributed by atoms with Crippen LogP contribution in [0.2, 0.25) is 0 Å². The summed E-state index contributed by atoms with van der Waals surface area (Å²) in [7, 11) is 1.68. The monoisotopic (exact) mass is 592 g/mol. The summed E-state index contributed by atoms with van der Waals surface area (Å²) in [6.07, 6.45) is 15.0. The molecule has 42 heavy (non-hydrogen) atoms. The van der Waals surface area contributed by atoms with Crippen LogP contribution in [-0.2, 0) is 14.3 Å². The third-order valence-corrected chi connectivity index (χ3v) is 10.4. The van der Waals surface area contributed by atoms with Gasteiger partial charge < -0.3 is 14.5 Å². The zero-order valence-electron chi connectivity index (χ0n) is 27.7. The number of hydrogen-bond acceptors (Lipinski definition) is 5. The van der Waals surface area contributed by atoms with E-state index >= 15 is 0 Å². The minimum atomic E-state index is -0.166. The van der Waals surface area contributed by atoms with Gasteiger partial charge in [0.2, 0.25) is 11.8 Å². The molecule has 242 valence electrons. The van der Waals surface area contributed by atoms with Crippen molar-refractivity contribution in [1.29, 1.82) is 0 Å². The maximum atomic E-state index is 12.3. The molecular weight excluding hydrogens is 532 g/mol. The summed E-state index contributed by atoms with van der Waals surface area (Å²) in [6.45, 7) is 14.6. The van der Waals surface area contributed by atoms with Crippen LogP contribution in [0.3, 0.4) is 0 Å². The molecule has 6 amide bonds. The number of imide groups is 2. The number of carbonyl (C=O) groups is 4. The van der Waals surface area contributed by atoms with Crippen molar-refractivity contribution in [3.05, 3.63) is 0 Å². The van der Waals surface area contributed by atoms with E-state index in [1.54, 1.807) is 11.9 Å². The highest BCUT2D eigenvalue weighted by Gasteiger charge is 2.36. The van der Waals surface area contributed by atoms with Crippen LogP contribution in [0, 0.1) is 10.8 Å². The molecule has 0 aromatic carbocycles. The minimum Gasteiger partial charge on any atom is -0.381 e. The molecule has 2 aliphatic rings. The van der Waals surface area contributed by atoms with Crippen molar-refractivity contribution >= 4 is 23.9 Å². The van der Waals surface area contributed by atoms with E-state index < -0.39 is 0 Å². The molecule has 2 fully saturated rings. The number of amides is 6. The van der Waals surface area contributed by atoms with Crippen molar-refractivity contribution in [2.45, 2.75) is 125 Å². The Morgan fingerprint density at radius 1 is 0.595 bits per heavy atom. The SMILES string of the molecule is CCN1CC(=O)N(CCCCC(CC)(CC)CCCCOCCCCC(CC)(CC)CCN2C(=O)CN(C)C2=O)C1=O. The van der Waals surface area contributed by atoms with E-state index in [1.807, 2.05) is 6.92 Å². The molecule has 9 nitrogen and oxygen atoms in total. The summed E-state index contributed by atoms with van der Waals surface area (Å²) in [4.78, 5) is 54.8. The molecule has 0 bridgehead atoms. The van der Waals surface area contributed by atoms with Gasteiger partial charge in [0.05, 0.1) is 0 Å². The Bertz CT molecular complexity index is 871. The first-order valence-electron chi connectivity index (χ1n) is 16.8. The van der Waals surface area contributed by atoms with Gasteiger partial charge in [-0.05, 0) is 62.7 Å². The summed E-state index contributed by atoms with van der Waals surface area (Å²) < 4.78 is 6.00. The van der Waals surface area contributed by atoms with Crippen LogP contribution in [0.4, 0.5) is 9.59 Å². The first-order valence-corrected chi connectivity index (χ1v) is 16.8. The molecule has 0 aliphatic carbocycles. The summed E-state index contributed by atoms with van der Waals surface area (Å²) in [6, 6.07) is -0.294. The van der Waals surface area contributed by atoms with Gasteiger partial charge in [0, 0.05) is 39.9 Å². The smallest absolute Gasteiger partial charge is 0.327 e. The highest BCUT2D eigenvalue weighted by molar-refractivity contribution is 6.02. The minimum absolute atomic E-state index is 0.0600. The number of rotatable bonds is 23. The fraction of sp³-hybridized carbons (Fsp3) is 0.879. The lowest BCUT2D eigenvalue weighted by molar-refractivity contribution is -0.126. The normalized spacial score (nSPS) is 16.6. The predicted octanol–water partition coefficient (Wildman–Crippen LogP) is 6.69. The largest absolute Gasteiger partial charge is 0.381 e. The first-order chi connectivity index (χ1) is 20.1. The average Bonchev–Trinajstić information content (AvgIpc) is 3.41. The Hall–Kier alpha value is -2.16. The number of nitrogens with zero attached hydrogens (tertiary/aromatic N) is 4. The zero-order valence-corrected chi connectivity index (χ0v) is 27.7. The van der Waals surface area contributed by atoms with Crippen LogP contribution >= 0.6 is 0 Å². The van der Waals surface area contributed by atoms with E-state index in [2.05, 4.69) is 27.7 Å². The summed E-state index contributed by atoms with van der Waals surface area (Å²) in [5, 5.41) is 0. The van der Waals surface area contributed by atoms with Crippen LogP contribution in [0.25, 0.3) is 0 Å². The average molecular weight is 593 g/mol. The van der Waals surface area contributed by atoms with Crippen molar-refractivity contribution < 1.29 is 23.9 Å². The van der Waals surface area contributed by atoms with Gasteiger partial charge in [-0.25, -0.2) is 9.59 Å². The highest BCUT2D eigenvalue weighted by atomic mass is 16.5. The van der Waals surface area contributed by atoms with E-state index in [4.69, 9.17) is 4.74 Å². The summed E-state index contributed by atoms with van der Waals surface area (Å²) >= 11 is 0. The predicted molar refractivity (Wildman–Crippen MR) is 167 cm³/mol. The van der Waals surface area contributed by atoms with Crippen LogP contribution in [0.5, 0.6) is 0 Å². The first kappa shape index (κ1) is 36.0. The van der Waals surface area contributed by atoms with E-state index in [0.29, 0.717) is 25.0 Å². The standard InChI is InChI=1S/C33H60N4O5/c1-7-32(8-2,18-12-15-22-36-29(39)27-35(11-5)31(36)41)19-13-16-24-42-25-17-14-20-33(9-3,10-4)21-23-37-28(38)26-34(6)30(37)40/h7-27H2,1-6H3. The lowest BCUT2D eigenvalue weighted by atomic mass is 9.74. The topological polar surface area (TPSA) is 90.5 Å². The summed E-state index contributed by atoms with van der Waals surface area (Å²) in [5.74, 6) is -0.140. The molecule has 0 unspecified atom stereocenters. The lowest BCUT2D eigenvalue weighted by Gasteiger charge is -2.33. The Balaban J connectivity index is 1.60. The molecule has 9 heteroatoms. The van der Waals surface area contributed by atoms with Crippen molar-refractivity contribution in [2.75, 3.05) is 53.0 Å². The number of urea groups is 2. The lowest BCUT2D eigenvalue weighted by Crippen LogP contribution is -2.35. The van der Waals surface area contributed by atoms with Crippen molar-refractivity contribution in [3.63, 3.8) is 0 Å². The quantitative estimate of drug-likeness (QED) is 0.0973. The molecule has 2 heterocycles. The Kier molecular flexibility index (Phi) is 15.3. The molecule has 0 radical (unpaired) electrons. The van der Waals surface area contributed by atoms with E-state index in [0.717, 1.165) is 96.7 Å². The molecule has 0 saturated carbocycles. The molecule has 0 atom stereocenters. The van der Waals surface area contributed by atoms with Crippen LogP contribution in [0.15, 0.2) is 0 Å². The zero-order chi connectivity index (χ0) is 31.2. The van der Waals surface area contributed by atoms with E-state index in [-0.39, 0.29) is 42.4 Å². The fourth-order valence-electron chi connectivity index (χ4n) is 6.74. The second-order valence-electron chi connectivity index (χ2n) is 12.7. The number of ether oxygens (including phenoxy) is 1. The van der Waals surface area contributed by atoms with E-state index in [1.165, 1.54) is 21.1 Å².